The van der Waals surface area contributed by atoms with Gasteiger partial charge in [0.2, 0.25) is 11.7 Å². The van der Waals surface area contributed by atoms with Gasteiger partial charge in [-0.2, -0.15) is 0 Å². The third-order valence-corrected chi connectivity index (χ3v) is 6.10. The van der Waals surface area contributed by atoms with Crippen molar-refractivity contribution >= 4 is 11.6 Å². The maximum atomic E-state index is 14.1. The number of carbonyl (C=O) groups is 1. The van der Waals surface area contributed by atoms with Gasteiger partial charge in [0.1, 0.15) is 5.82 Å². The van der Waals surface area contributed by atoms with E-state index in [0.717, 1.165) is 15.7 Å². The lowest BCUT2D eigenvalue weighted by molar-refractivity contribution is -0.115. The van der Waals surface area contributed by atoms with E-state index in [-0.39, 0.29) is 12.2 Å². The molecule has 0 aliphatic heterocycles. The average molecular weight is 545 g/mol. The topological polar surface area (TPSA) is 79.2 Å². The highest BCUT2D eigenvalue weighted by molar-refractivity contribution is 5.91. The van der Waals surface area contributed by atoms with Crippen molar-refractivity contribution in [2.24, 2.45) is 0 Å². The summed E-state index contributed by atoms with van der Waals surface area (Å²) in [5.41, 5.74) is 1.33. The maximum absolute atomic E-state index is 14.1. The van der Waals surface area contributed by atoms with E-state index in [2.05, 4.69) is 15.6 Å². The number of aliphatic hydroxyl groups is 1. The molecular formula is C28H25F5N4O2. The first-order chi connectivity index (χ1) is 18.7. The van der Waals surface area contributed by atoms with Crippen LogP contribution in [0.3, 0.4) is 0 Å². The Morgan fingerprint density at radius 3 is 2.21 bits per heavy atom. The number of amides is 1. The van der Waals surface area contributed by atoms with Crippen molar-refractivity contribution in [3.8, 4) is 0 Å². The lowest BCUT2D eigenvalue weighted by atomic mass is 10.1. The zero-order valence-corrected chi connectivity index (χ0v) is 20.6. The Bertz CT molecular complexity index is 1400. The molecule has 0 bridgehead atoms. The van der Waals surface area contributed by atoms with Crippen LogP contribution in [-0.2, 0) is 24.2 Å². The number of benzene rings is 3. The summed E-state index contributed by atoms with van der Waals surface area (Å²) in [6.07, 6.45) is 2.34. The second-order valence-corrected chi connectivity index (χ2v) is 8.82. The van der Waals surface area contributed by atoms with Crippen LogP contribution in [0.4, 0.5) is 27.6 Å². The van der Waals surface area contributed by atoms with Gasteiger partial charge < -0.3 is 20.3 Å². The van der Waals surface area contributed by atoms with Crippen molar-refractivity contribution in [1.29, 1.82) is 0 Å². The molecule has 1 aromatic heterocycles. The van der Waals surface area contributed by atoms with Gasteiger partial charge in [0.05, 0.1) is 19.1 Å². The van der Waals surface area contributed by atoms with Crippen LogP contribution in [-0.4, -0.2) is 33.7 Å². The molecule has 0 spiro atoms. The first-order valence-corrected chi connectivity index (χ1v) is 12.1. The molecule has 0 radical (unpaired) electrons. The molecule has 1 heterocycles. The first-order valence-electron chi connectivity index (χ1n) is 12.1. The smallest absolute Gasteiger partial charge is 0.231 e. The number of nitrogens with zero attached hydrogens (tertiary/aromatic N) is 2. The molecule has 3 N–H and O–H groups in total. The Morgan fingerprint density at radius 2 is 1.54 bits per heavy atom. The van der Waals surface area contributed by atoms with Crippen molar-refractivity contribution in [3.05, 3.63) is 119 Å². The number of anilines is 1. The van der Waals surface area contributed by atoms with Gasteiger partial charge in [-0.25, -0.2) is 26.9 Å². The maximum Gasteiger partial charge on any atom is 0.231 e. The second-order valence-electron chi connectivity index (χ2n) is 8.82. The Morgan fingerprint density at radius 1 is 0.897 bits per heavy atom. The summed E-state index contributed by atoms with van der Waals surface area (Å²) < 4.78 is 69.6. The Balaban J connectivity index is 1.28. The van der Waals surface area contributed by atoms with Gasteiger partial charge >= 0.3 is 0 Å². The zero-order valence-electron chi connectivity index (χ0n) is 20.6. The fraction of sp³-hybridized carbons (Fsp3) is 0.214. The number of nitrogens with one attached hydrogen (secondary N) is 2. The van der Waals surface area contributed by atoms with Crippen molar-refractivity contribution in [2.45, 2.75) is 25.5 Å². The van der Waals surface area contributed by atoms with Gasteiger partial charge in [0.25, 0.3) is 0 Å². The molecule has 6 nitrogen and oxygen atoms in total. The second kappa shape index (κ2) is 12.6. The fourth-order valence-corrected chi connectivity index (χ4v) is 3.98. The van der Waals surface area contributed by atoms with Crippen LogP contribution in [0, 0.1) is 29.1 Å². The quantitative estimate of drug-likeness (QED) is 0.111. The van der Waals surface area contributed by atoms with Gasteiger partial charge in [-0.15, -0.1) is 0 Å². The molecule has 0 aliphatic rings. The van der Waals surface area contributed by atoms with Crippen molar-refractivity contribution in [3.63, 3.8) is 0 Å². The van der Waals surface area contributed by atoms with E-state index >= 15 is 0 Å². The largest absolute Gasteiger partial charge is 0.387 e. The number of rotatable bonds is 11. The number of aromatic nitrogens is 2. The number of halogens is 5. The van der Waals surface area contributed by atoms with Crippen LogP contribution in [0.5, 0.6) is 0 Å². The molecule has 1 amide bonds. The van der Waals surface area contributed by atoms with Crippen LogP contribution < -0.4 is 10.6 Å². The Labute approximate surface area is 221 Å². The normalized spacial score (nSPS) is 11.9. The number of aliphatic hydroxyl groups excluding tert-OH is 1. The van der Waals surface area contributed by atoms with E-state index in [9.17, 15) is 31.9 Å². The monoisotopic (exact) mass is 544 g/mol. The molecule has 0 saturated heterocycles. The fourth-order valence-electron chi connectivity index (χ4n) is 3.98. The van der Waals surface area contributed by atoms with E-state index in [4.69, 9.17) is 0 Å². The molecule has 4 aromatic rings. The molecule has 0 aliphatic carbocycles. The third kappa shape index (κ3) is 6.87. The average Bonchev–Trinajstić information content (AvgIpc) is 3.38. The summed E-state index contributed by atoms with van der Waals surface area (Å²) in [5.74, 6) is -10.6. The molecular weight excluding hydrogens is 519 g/mol. The summed E-state index contributed by atoms with van der Waals surface area (Å²) in [7, 11) is 0. The van der Waals surface area contributed by atoms with Gasteiger partial charge in [0.15, 0.2) is 23.3 Å². The number of hydrogen-bond acceptors (Lipinski definition) is 4. The summed E-state index contributed by atoms with van der Waals surface area (Å²) in [5, 5.41) is 16.1. The van der Waals surface area contributed by atoms with Crippen molar-refractivity contribution < 1.29 is 31.9 Å². The molecule has 0 saturated carbocycles. The Kier molecular flexibility index (Phi) is 9.05. The minimum atomic E-state index is -2.23. The Hall–Kier alpha value is -4.09. The molecule has 204 valence electrons. The zero-order chi connectivity index (χ0) is 27.9. The summed E-state index contributed by atoms with van der Waals surface area (Å²) in [6.45, 7) is 0.360. The van der Waals surface area contributed by atoms with Crippen LogP contribution >= 0.6 is 0 Å². The molecule has 11 heteroatoms. The highest BCUT2D eigenvalue weighted by Crippen LogP contribution is 2.24. The predicted octanol–water partition coefficient (Wildman–Crippen LogP) is 4.67. The SMILES string of the molecule is O=C(Cc1nccn1Cc1c(F)c(F)c(F)c(F)c1F)Nc1ccc(CCNCC(O)c2ccccc2)cc1. The number of hydrogen-bond donors (Lipinski definition) is 3. The van der Waals surface area contributed by atoms with Gasteiger partial charge in [-0.3, -0.25) is 4.79 Å². The van der Waals surface area contributed by atoms with Crippen LogP contribution in [0.2, 0.25) is 0 Å². The van der Waals surface area contributed by atoms with E-state index in [1.54, 1.807) is 12.1 Å². The van der Waals surface area contributed by atoms with E-state index in [1.807, 2.05) is 42.5 Å². The molecule has 0 fully saturated rings. The molecule has 39 heavy (non-hydrogen) atoms. The van der Waals surface area contributed by atoms with Crippen molar-refractivity contribution in [1.82, 2.24) is 14.9 Å². The lowest BCUT2D eigenvalue weighted by Gasteiger charge is -2.12. The van der Waals surface area contributed by atoms with Crippen LogP contribution in [0.15, 0.2) is 67.0 Å². The standard InChI is InChI=1S/C28H25F5N4O2/c29-24-20(25(30)27(32)28(33)26(24)31)16-37-13-12-35-22(37)14-23(39)36-19-8-6-17(7-9-19)10-11-34-15-21(38)18-4-2-1-3-5-18/h1-9,12-13,21,34,38H,10-11,14-16H2,(H,36,39). The van der Waals surface area contributed by atoms with Gasteiger partial charge in [-0.05, 0) is 36.2 Å². The van der Waals surface area contributed by atoms with E-state index in [1.165, 1.54) is 12.4 Å². The van der Waals surface area contributed by atoms with Gasteiger partial charge in [-0.1, -0.05) is 42.5 Å². The molecule has 1 unspecified atom stereocenters. The van der Waals surface area contributed by atoms with Gasteiger partial charge in [0, 0.05) is 30.2 Å². The minimum Gasteiger partial charge on any atom is -0.387 e. The number of imidazole rings is 1. The molecule has 1 atom stereocenters. The van der Waals surface area contributed by atoms with Crippen molar-refractivity contribution in [2.75, 3.05) is 18.4 Å². The summed E-state index contributed by atoms with van der Waals surface area (Å²) >= 11 is 0. The summed E-state index contributed by atoms with van der Waals surface area (Å²) in [4.78, 5) is 16.5. The van der Waals surface area contributed by atoms with Crippen LogP contribution in [0.25, 0.3) is 0 Å². The highest BCUT2D eigenvalue weighted by atomic mass is 19.2. The number of carbonyl (C=O) groups excluding carboxylic acids is 1. The third-order valence-electron chi connectivity index (χ3n) is 6.10. The van der Waals surface area contributed by atoms with E-state index in [0.29, 0.717) is 25.2 Å². The van der Waals surface area contributed by atoms with Crippen LogP contribution in [0.1, 0.15) is 28.6 Å². The highest BCUT2D eigenvalue weighted by Gasteiger charge is 2.26. The molecule has 4 rings (SSSR count). The predicted molar refractivity (Wildman–Crippen MR) is 134 cm³/mol. The summed E-state index contributed by atoms with van der Waals surface area (Å²) in [6, 6.07) is 16.5. The van der Waals surface area contributed by atoms with E-state index < -0.39 is 53.2 Å². The first kappa shape index (κ1) is 27.9. The lowest BCUT2D eigenvalue weighted by Crippen LogP contribution is -2.23. The minimum absolute atomic E-state index is 0.0804. The molecule has 3 aromatic carbocycles.